The van der Waals surface area contributed by atoms with Gasteiger partial charge >= 0.3 is 0 Å². The van der Waals surface area contributed by atoms with Crippen LogP contribution in [-0.4, -0.2) is 18.1 Å². The summed E-state index contributed by atoms with van der Waals surface area (Å²) in [6, 6.07) is 2.02. The van der Waals surface area contributed by atoms with Gasteiger partial charge in [-0.2, -0.15) is 0 Å². The van der Waals surface area contributed by atoms with E-state index in [2.05, 4.69) is 24.1 Å². The third-order valence-electron chi connectivity index (χ3n) is 2.41. The van der Waals surface area contributed by atoms with Crippen LogP contribution >= 0.6 is 0 Å². The van der Waals surface area contributed by atoms with Gasteiger partial charge in [-0.15, -0.1) is 0 Å². The lowest BCUT2D eigenvalue weighted by Gasteiger charge is -2.19. The highest BCUT2D eigenvalue weighted by atomic mass is 14.9. The lowest BCUT2D eigenvalue weighted by atomic mass is 9.96. The van der Waals surface area contributed by atoms with Crippen molar-refractivity contribution < 1.29 is 0 Å². The molecule has 1 rings (SSSR count). The van der Waals surface area contributed by atoms with Crippen molar-refractivity contribution in [3.63, 3.8) is 0 Å². The summed E-state index contributed by atoms with van der Waals surface area (Å²) in [6.45, 7) is 6.10. The van der Waals surface area contributed by atoms with Gasteiger partial charge < -0.3 is 16.0 Å². The fourth-order valence-electron chi connectivity index (χ4n) is 1.27. The normalized spacial score (nSPS) is 13.2. The van der Waals surface area contributed by atoms with Crippen molar-refractivity contribution in [2.45, 2.75) is 13.8 Å². The Morgan fingerprint density at radius 1 is 1.54 bits per heavy atom. The van der Waals surface area contributed by atoms with E-state index in [0.29, 0.717) is 11.8 Å². The molecule has 1 heterocycles. The van der Waals surface area contributed by atoms with Gasteiger partial charge in [-0.25, -0.2) is 0 Å². The molecule has 0 bridgehead atoms. The Kier molecular flexibility index (Phi) is 3.83. The van der Waals surface area contributed by atoms with Gasteiger partial charge in [-0.05, 0) is 24.4 Å². The quantitative estimate of drug-likeness (QED) is 0.647. The minimum Gasteiger partial charge on any atom is -0.383 e. The predicted octanol–water partition coefficient (Wildman–Crippen LogP) is 1.66. The molecule has 0 spiro atoms. The van der Waals surface area contributed by atoms with E-state index in [0.717, 1.165) is 18.8 Å². The molecule has 1 aromatic heterocycles. The molecule has 74 valence electrons. The third kappa shape index (κ3) is 3.11. The zero-order valence-electron chi connectivity index (χ0n) is 8.38. The molecule has 0 aliphatic rings. The van der Waals surface area contributed by atoms with Crippen LogP contribution < -0.4 is 11.1 Å². The van der Waals surface area contributed by atoms with Crippen LogP contribution in [0.5, 0.6) is 0 Å². The van der Waals surface area contributed by atoms with Crippen LogP contribution in [0, 0.1) is 11.8 Å². The van der Waals surface area contributed by atoms with Crippen LogP contribution in [0.25, 0.3) is 0 Å². The largest absolute Gasteiger partial charge is 0.383 e. The van der Waals surface area contributed by atoms with Gasteiger partial charge in [-0.1, -0.05) is 13.8 Å². The van der Waals surface area contributed by atoms with Gasteiger partial charge in [0.2, 0.25) is 0 Å². The van der Waals surface area contributed by atoms with E-state index in [1.54, 1.807) is 0 Å². The molecule has 0 aromatic carbocycles. The van der Waals surface area contributed by atoms with Crippen LogP contribution in [-0.2, 0) is 0 Å². The molecule has 13 heavy (non-hydrogen) atoms. The summed E-state index contributed by atoms with van der Waals surface area (Å²) < 4.78 is 0. The Balaban J connectivity index is 2.32. The average molecular weight is 181 g/mol. The molecule has 0 aliphatic carbocycles. The highest BCUT2D eigenvalue weighted by molar-refractivity contribution is 5.40. The Labute approximate surface area is 79.7 Å². The number of hydrogen-bond acceptors (Lipinski definition) is 2. The Morgan fingerprint density at radius 2 is 2.31 bits per heavy atom. The fourth-order valence-corrected chi connectivity index (χ4v) is 1.27. The van der Waals surface area contributed by atoms with Crippen LogP contribution in [0.1, 0.15) is 13.8 Å². The molecule has 1 aromatic rings. The second kappa shape index (κ2) is 4.92. The van der Waals surface area contributed by atoms with Crippen LogP contribution in [0.4, 0.5) is 5.69 Å². The topological polar surface area (TPSA) is 53.8 Å². The van der Waals surface area contributed by atoms with Gasteiger partial charge in [0.15, 0.2) is 0 Å². The van der Waals surface area contributed by atoms with Crippen molar-refractivity contribution >= 4 is 5.69 Å². The summed E-state index contributed by atoms with van der Waals surface area (Å²) in [5, 5.41) is 3.35. The van der Waals surface area contributed by atoms with Gasteiger partial charge in [0, 0.05) is 18.9 Å². The number of aromatic amines is 1. The standard InChI is InChI=1S/C10H19N3/c1-8(2)9(5-11)6-13-10-3-4-12-7-10/h3-4,7-9,12-13H,5-6,11H2,1-2H3. The number of rotatable bonds is 5. The van der Waals surface area contributed by atoms with Crippen molar-refractivity contribution in [2.75, 3.05) is 18.4 Å². The molecule has 3 nitrogen and oxygen atoms in total. The van der Waals surface area contributed by atoms with Crippen molar-refractivity contribution in [1.82, 2.24) is 4.98 Å². The molecule has 0 fully saturated rings. The molecule has 4 N–H and O–H groups in total. The molecule has 0 amide bonds. The maximum Gasteiger partial charge on any atom is 0.0517 e. The number of anilines is 1. The zero-order chi connectivity index (χ0) is 9.68. The smallest absolute Gasteiger partial charge is 0.0517 e. The zero-order valence-corrected chi connectivity index (χ0v) is 8.38. The summed E-state index contributed by atoms with van der Waals surface area (Å²) in [5.74, 6) is 1.19. The number of nitrogens with two attached hydrogens (primary N) is 1. The Bertz CT molecular complexity index is 216. The molecule has 0 radical (unpaired) electrons. The van der Waals surface area contributed by atoms with Gasteiger partial charge in [0.1, 0.15) is 0 Å². The molecular weight excluding hydrogens is 162 g/mol. The first-order valence-electron chi connectivity index (χ1n) is 4.80. The Hall–Kier alpha value is -0.960. The van der Waals surface area contributed by atoms with Gasteiger partial charge in [0.05, 0.1) is 5.69 Å². The van der Waals surface area contributed by atoms with Crippen LogP contribution in [0.15, 0.2) is 18.5 Å². The SMILES string of the molecule is CC(C)C(CN)CNc1cc[nH]c1. The molecule has 1 atom stereocenters. The minimum absolute atomic E-state index is 0.551. The number of hydrogen-bond donors (Lipinski definition) is 3. The minimum atomic E-state index is 0.551. The van der Waals surface area contributed by atoms with E-state index < -0.39 is 0 Å². The first kappa shape index (κ1) is 10.1. The van der Waals surface area contributed by atoms with Gasteiger partial charge in [0.25, 0.3) is 0 Å². The number of H-pyrrole nitrogens is 1. The molecule has 1 unspecified atom stereocenters. The van der Waals surface area contributed by atoms with Crippen LogP contribution in [0.3, 0.4) is 0 Å². The van der Waals surface area contributed by atoms with Crippen molar-refractivity contribution in [3.05, 3.63) is 18.5 Å². The lowest BCUT2D eigenvalue weighted by Crippen LogP contribution is -2.27. The molecular formula is C10H19N3. The van der Waals surface area contributed by atoms with Gasteiger partial charge in [-0.3, -0.25) is 0 Å². The van der Waals surface area contributed by atoms with E-state index in [9.17, 15) is 0 Å². The molecule has 3 heteroatoms. The van der Waals surface area contributed by atoms with E-state index in [1.165, 1.54) is 0 Å². The summed E-state index contributed by atoms with van der Waals surface area (Å²) in [6.07, 6.45) is 3.86. The monoisotopic (exact) mass is 181 g/mol. The van der Waals surface area contributed by atoms with Crippen molar-refractivity contribution in [1.29, 1.82) is 0 Å². The van der Waals surface area contributed by atoms with Crippen LogP contribution in [0.2, 0.25) is 0 Å². The molecule has 0 saturated heterocycles. The summed E-state index contributed by atoms with van der Waals surface area (Å²) in [5.41, 5.74) is 6.80. The molecule has 0 saturated carbocycles. The number of aromatic nitrogens is 1. The van der Waals surface area contributed by atoms with E-state index in [-0.39, 0.29) is 0 Å². The predicted molar refractivity (Wildman–Crippen MR) is 56.7 cm³/mol. The summed E-state index contributed by atoms with van der Waals surface area (Å²) >= 11 is 0. The Morgan fingerprint density at radius 3 is 2.77 bits per heavy atom. The first-order valence-corrected chi connectivity index (χ1v) is 4.80. The highest BCUT2D eigenvalue weighted by Gasteiger charge is 2.10. The molecule has 0 aliphatic heterocycles. The maximum absolute atomic E-state index is 5.67. The first-order chi connectivity index (χ1) is 6.24. The summed E-state index contributed by atoms with van der Waals surface area (Å²) in [4.78, 5) is 3.01. The third-order valence-corrected chi connectivity index (χ3v) is 2.41. The van der Waals surface area contributed by atoms with Crippen molar-refractivity contribution in [2.24, 2.45) is 17.6 Å². The van der Waals surface area contributed by atoms with E-state index >= 15 is 0 Å². The fraction of sp³-hybridized carbons (Fsp3) is 0.600. The second-order valence-electron chi connectivity index (χ2n) is 3.72. The maximum atomic E-state index is 5.67. The van der Waals surface area contributed by atoms with E-state index in [4.69, 9.17) is 5.73 Å². The summed E-state index contributed by atoms with van der Waals surface area (Å²) in [7, 11) is 0. The number of nitrogens with one attached hydrogen (secondary N) is 2. The second-order valence-corrected chi connectivity index (χ2v) is 3.72. The average Bonchev–Trinajstić information content (AvgIpc) is 2.57. The lowest BCUT2D eigenvalue weighted by molar-refractivity contribution is 0.413. The van der Waals surface area contributed by atoms with E-state index in [1.807, 2.05) is 18.5 Å². The van der Waals surface area contributed by atoms with Crippen molar-refractivity contribution in [3.8, 4) is 0 Å². The highest BCUT2D eigenvalue weighted by Crippen LogP contribution is 2.11.